The average molecular weight is 230 g/mol. The van der Waals surface area contributed by atoms with Gasteiger partial charge < -0.3 is 15.2 Å². The van der Waals surface area contributed by atoms with Gasteiger partial charge >= 0.3 is 0 Å². The van der Waals surface area contributed by atoms with E-state index in [0.717, 1.165) is 26.1 Å². The predicted octanol–water partition coefficient (Wildman–Crippen LogP) is 0.705. The second-order valence-corrected chi connectivity index (χ2v) is 5.16. The summed E-state index contributed by atoms with van der Waals surface area (Å²) in [7, 11) is 3.49. The molecule has 0 aromatic heterocycles. The Kier molecular flexibility index (Phi) is 5.69. The fourth-order valence-electron chi connectivity index (χ4n) is 2.43. The summed E-state index contributed by atoms with van der Waals surface area (Å²) < 4.78 is 10.8. The molecule has 2 N–H and O–H groups in total. The van der Waals surface area contributed by atoms with Gasteiger partial charge in [0.05, 0.1) is 12.2 Å². The molecule has 16 heavy (non-hydrogen) atoms. The molecule has 0 aromatic rings. The van der Waals surface area contributed by atoms with Gasteiger partial charge in [0, 0.05) is 39.9 Å². The Morgan fingerprint density at radius 3 is 2.06 bits per heavy atom. The van der Waals surface area contributed by atoms with Crippen molar-refractivity contribution in [3.8, 4) is 0 Å². The molecule has 96 valence electrons. The predicted molar refractivity (Wildman–Crippen MR) is 65.5 cm³/mol. The van der Waals surface area contributed by atoms with Crippen LogP contribution in [-0.2, 0) is 9.47 Å². The lowest BCUT2D eigenvalue weighted by Gasteiger charge is -2.21. The third-order valence-corrected chi connectivity index (χ3v) is 3.16. The van der Waals surface area contributed by atoms with E-state index < -0.39 is 0 Å². The number of likely N-dealkylation sites (tertiary alicyclic amines) is 1. The Morgan fingerprint density at radius 2 is 1.69 bits per heavy atom. The fourth-order valence-corrected chi connectivity index (χ4v) is 2.43. The summed E-state index contributed by atoms with van der Waals surface area (Å²) in [6, 6.07) is 0.258. The highest BCUT2D eigenvalue weighted by molar-refractivity contribution is 4.87. The van der Waals surface area contributed by atoms with Gasteiger partial charge in [0.2, 0.25) is 0 Å². The van der Waals surface area contributed by atoms with Crippen molar-refractivity contribution in [3.63, 3.8) is 0 Å². The van der Waals surface area contributed by atoms with Crippen LogP contribution in [0.2, 0.25) is 0 Å². The second-order valence-electron chi connectivity index (χ2n) is 5.16. The molecule has 3 atom stereocenters. The Bertz CT molecular complexity index is 187. The number of nitrogens with zero attached hydrogens (tertiary/aromatic N) is 1. The highest BCUT2D eigenvalue weighted by Gasteiger charge is 2.33. The highest BCUT2D eigenvalue weighted by atomic mass is 16.5. The molecular weight excluding hydrogens is 204 g/mol. The molecule has 1 rings (SSSR count). The van der Waals surface area contributed by atoms with Gasteiger partial charge in [-0.05, 0) is 12.3 Å². The van der Waals surface area contributed by atoms with Crippen molar-refractivity contribution in [2.45, 2.75) is 38.5 Å². The molecule has 1 fully saturated rings. The van der Waals surface area contributed by atoms with Gasteiger partial charge in [-0.25, -0.2) is 0 Å². The van der Waals surface area contributed by atoms with Gasteiger partial charge in [0.15, 0.2) is 0 Å². The van der Waals surface area contributed by atoms with Crippen LogP contribution < -0.4 is 5.73 Å². The fraction of sp³-hybridized carbons (Fsp3) is 1.00. The molecule has 1 aliphatic heterocycles. The van der Waals surface area contributed by atoms with Gasteiger partial charge in [0.1, 0.15) is 0 Å². The Balaban J connectivity index is 2.34. The maximum absolute atomic E-state index is 6.10. The topological polar surface area (TPSA) is 47.7 Å². The molecule has 1 saturated heterocycles. The summed E-state index contributed by atoms with van der Waals surface area (Å²) >= 11 is 0. The molecule has 0 amide bonds. The normalized spacial score (nSPS) is 28.9. The first kappa shape index (κ1) is 13.9. The smallest absolute Gasteiger partial charge is 0.0971 e. The zero-order valence-corrected chi connectivity index (χ0v) is 11.0. The van der Waals surface area contributed by atoms with Crippen LogP contribution >= 0.6 is 0 Å². The first-order valence-electron chi connectivity index (χ1n) is 6.10. The summed E-state index contributed by atoms with van der Waals surface area (Å²) in [6.07, 6.45) is 1.46. The van der Waals surface area contributed by atoms with E-state index in [-0.39, 0.29) is 18.2 Å². The van der Waals surface area contributed by atoms with Crippen molar-refractivity contribution in [3.05, 3.63) is 0 Å². The summed E-state index contributed by atoms with van der Waals surface area (Å²) in [5.41, 5.74) is 6.10. The van der Waals surface area contributed by atoms with Gasteiger partial charge in [-0.1, -0.05) is 13.8 Å². The van der Waals surface area contributed by atoms with Gasteiger partial charge in [0.25, 0.3) is 0 Å². The largest absolute Gasteiger partial charge is 0.377 e. The van der Waals surface area contributed by atoms with Crippen molar-refractivity contribution >= 4 is 0 Å². The summed E-state index contributed by atoms with van der Waals surface area (Å²) in [5.74, 6) is 0.661. The number of hydrogen-bond acceptors (Lipinski definition) is 4. The van der Waals surface area contributed by atoms with Crippen LogP contribution in [0.5, 0.6) is 0 Å². The zero-order chi connectivity index (χ0) is 12.1. The van der Waals surface area contributed by atoms with Gasteiger partial charge in [-0.2, -0.15) is 0 Å². The molecule has 1 aliphatic rings. The zero-order valence-electron chi connectivity index (χ0n) is 11.0. The van der Waals surface area contributed by atoms with E-state index in [1.165, 1.54) is 0 Å². The summed E-state index contributed by atoms with van der Waals surface area (Å²) in [6.45, 7) is 7.22. The van der Waals surface area contributed by atoms with Gasteiger partial charge in [-0.3, -0.25) is 4.90 Å². The standard InChI is InChI=1S/C12H26N2O2/c1-9(2)5-10(13)6-14-7-11(15-3)12(8-14)16-4/h9-12H,5-8,13H2,1-4H3. The Hall–Kier alpha value is -0.160. The third kappa shape index (κ3) is 4.01. The van der Waals surface area contributed by atoms with Crippen molar-refractivity contribution < 1.29 is 9.47 Å². The van der Waals surface area contributed by atoms with E-state index in [1.807, 2.05) is 0 Å². The second kappa shape index (κ2) is 6.55. The molecule has 1 heterocycles. The molecule has 4 heteroatoms. The molecule has 4 nitrogen and oxygen atoms in total. The van der Waals surface area contributed by atoms with Crippen molar-refractivity contribution in [1.82, 2.24) is 4.90 Å². The lowest BCUT2D eigenvalue weighted by molar-refractivity contribution is -0.00461. The number of nitrogens with two attached hydrogens (primary N) is 1. The van der Waals surface area contributed by atoms with E-state index in [2.05, 4.69) is 18.7 Å². The Morgan fingerprint density at radius 1 is 1.19 bits per heavy atom. The minimum Gasteiger partial charge on any atom is -0.377 e. The van der Waals surface area contributed by atoms with Crippen LogP contribution in [0, 0.1) is 5.92 Å². The van der Waals surface area contributed by atoms with Crippen LogP contribution in [0.3, 0.4) is 0 Å². The van der Waals surface area contributed by atoms with E-state index in [1.54, 1.807) is 14.2 Å². The average Bonchev–Trinajstić information content (AvgIpc) is 2.58. The monoisotopic (exact) mass is 230 g/mol. The van der Waals surface area contributed by atoms with Crippen molar-refractivity contribution in [1.29, 1.82) is 0 Å². The van der Waals surface area contributed by atoms with Crippen molar-refractivity contribution in [2.75, 3.05) is 33.9 Å². The van der Waals surface area contributed by atoms with Gasteiger partial charge in [-0.15, -0.1) is 0 Å². The third-order valence-electron chi connectivity index (χ3n) is 3.16. The first-order chi connectivity index (χ1) is 7.56. The number of hydrogen-bond donors (Lipinski definition) is 1. The summed E-state index contributed by atoms with van der Waals surface area (Å²) in [4.78, 5) is 2.34. The molecular formula is C12H26N2O2. The highest BCUT2D eigenvalue weighted by Crippen LogP contribution is 2.16. The first-order valence-corrected chi connectivity index (χ1v) is 6.10. The van der Waals surface area contributed by atoms with E-state index in [0.29, 0.717) is 5.92 Å². The SMILES string of the molecule is COC1CN(CC(N)CC(C)C)CC1OC. The minimum absolute atomic E-state index is 0.191. The molecule has 0 aromatic carbocycles. The molecule has 0 bridgehead atoms. The van der Waals surface area contributed by atoms with Crippen LogP contribution in [-0.4, -0.2) is 57.0 Å². The van der Waals surface area contributed by atoms with Crippen LogP contribution in [0.4, 0.5) is 0 Å². The maximum Gasteiger partial charge on any atom is 0.0971 e. The molecule has 0 radical (unpaired) electrons. The van der Waals surface area contributed by atoms with Crippen LogP contribution in [0.1, 0.15) is 20.3 Å². The summed E-state index contributed by atoms with van der Waals surface area (Å²) in [5, 5.41) is 0. The lowest BCUT2D eigenvalue weighted by atomic mass is 10.0. The Labute approximate surface area is 99.1 Å². The van der Waals surface area contributed by atoms with Crippen molar-refractivity contribution in [2.24, 2.45) is 11.7 Å². The van der Waals surface area contributed by atoms with Crippen LogP contribution in [0.25, 0.3) is 0 Å². The maximum atomic E-state index is 6.10. The number of ether oxygens (including phenoxy) is 2. The van der Waals surface area contributed by atoms with E-state index >= 15 is 0 Å². The molecule has 0 aliphatic carbocycles. The van der Waals surface area contributed by atoms with E-state index in [4.69, 9.17) is 15.2 Å². The van der Waals surface area contributed by atoms with E-state index in [9.17, 15) is 0 Å². The molecule has 3 unspecified atom stereocenters. The molecule has 0 spiro atoms. The quantitative estimate of drug-likeness (QED) is 0.730. The molecule has 0 saturated carbocycles. The minimum atomic E-state index is 0.191. The number of rotatable bonds is 6. The number of methoxy groups -OCH3 is 2. The van der Waals surface area contributed by atoms with Crippen LogP contribution in [0.15, 0.2) is 0 Å². The lowest BCUT2D eigenvalue weighted by Crippen LogP contribution is -2.37.